The third kappa shape index (κ3) is 3.60. The van der Waals surface area contributed by atoms with Crippen molar-refractivity contribution in [1.29, 1.82) is 0 Å². The van der Waals surface area contributed by atoms with Gasteiger partial charge in [0.1, 0.15) is 0 Å². The third-order valence-corrected chi connectivity index (χ3v) is 5.94. The van der Waals surface area contributed by atoms with Crippen molar-refractivity contribution in [3.05, 3.63) is 115 Å². The van der Waals surface area contributed by atoms with Crippen LogP contribution in [0.1, 0.15) is 47.8 Å². The summed E-state index contributed by atoms with van der Waals surface area (Å²) in [6.07, 6.45) is 2.81. The van der Waals surface area contributed by atoms with Crippen molar-refractivity contribution in [2.75, 3.05) is 6.54 Å². The summed E-state index contributed by atoms with van der Waals surface area (Å²) in [7, 11) is 0. The van der Waals surface area contributed by atoms with Crippen LogP contribution in [-0.4, -0.2) is 27.4 Å². The lowest BCUT2D eigenvalue weighted by atomic mass is 9.84. The molecule has 0 saturated carbocycles. The van der Waals surface area contributed by atoms with Crippen LogP contribution < -0.4 is 0 Å². The van der Waals surface area contributed by atoms with E-state index in [-0.39, 0.29) is 23.6 Å². The molecular formula is C25H21ClN2O4. The Morgan fingerprint density at radius 1 is 1.12 bits per heavy atom. The van der Waals surface area contributed by atoms with E-state index in [4.69, 9.17) is 11.6 Å². The number of rotatable bonds is 4. The molecule has 2 aromatic carbocycles. The minimum Gasteiger partial charge on any atom is -0.363 e. The minimum absolute atomic E-state index is 0.00795. The lowest BCUT2D eigenvalue weighted by Crippen LogP contribution is -2.45. The molecule has 32 heavy (non-hydrogen) atoms. The third-order valence-electron chi connectivity index (χ3n) is 5.69. The van der Waals surface area contributed by atoms with Crippen molar-refractivity contribution in [3.63, 3.8) is 0 Å². The van der Waals surface area contributed by atoms with Crippen LogP contribution in [0.5, 0.6) is 0 Å². The molecule has 1 heterocycles. The largest absolute Gasteiger partial charge is 0.363 e. The number of hydrogen-bond donors (Lipinski definition) is 1. The van der Waals surface area contributed by atoms with E-state index in [1.54, 1.807) is 30.3 Å². The van der Waals surface area contributed by atoms with Gasteiger partial charge in [0.25, 0.3) is 5.91 Å². The number of nitro groups is 1. The van der Waals surface area contributed by atoms with Gasteiger partial charge < -0.3 is 5.11 Å². The highest BCUT2D eigenvalue weighted by Crippen LogP contribution is 2.44. The zero-order valence-corrected chi connectivity index (χ0v) is 18.6. The molecule has 2 aliphatic rings. The molecule has 7 heteroatoms. The fourth-order valence-electron chi connectivity index (χ4n) is 3.89. The fourth-order valence-corrected chi connectivity index (χ4v) is 4.01. The van der Waals surface area contributed by atoms with Gasteiger partial charge in [0.2, 0.25) is 0 Å². The Hall–Kier alpha value is -3.40. The number of nitrogens with zero attached hydrogens (tertiary/aromatic N) is 2. The summed E-state index contributed by atoms with van der Waals surface area (Å²) < 4.78 is 0. The maximum absolute atomic E-state index is 13.5. The Morgan fingerprint density at radius 2 is 1.81 bits per heavy atom. The first kappa shape index (κ1) is 21.8. The Kier molecular flexibility index (Phi) is 5.20. The molecule has 0 spiro atoms. The summed E-state index contributed by atoms with van der Waals surface area (Å²) in [4.78, 5) is 25.2. The van der Waals surface area contributed by atoms with Gasteiger partial charge in [-0.1, -0.05) is 62.4 Å². The van der Waals surface area contributed by atoms with Gasteiger partial charge in [-0.2, -0.15) is 0 Å². The first-order valence-electron chi connectivity index (χ1n) is 10.0. The van der Waals surface area contributed by atoms with Crippen LogP contribution in [0.25, 0.3) is 0 Å². The van der Waals surface area contributed by atoms with Gasteiger partial charge in [-0.15, -0.1) is 0 Å². The van der Waals surface area contributed by atoms with Crippen molar-refractivity contribution >= 4 is 17.5 Å². The van der Waals surface area contributed by atoms with E-state index < -0.39 is 10.6 Å². The number of fused-ring (bicyclic) bond motifs is 1. The summed E-state index contributed by atoms with van der Waals surface area (Å²) in [6, 6.07) is 12.2. The molecule has 2 aromatic rings. The maximum Gasteiger partial charge on any atom is 0.319 e. The molecule has 1 aliphatic carbocycles. The van der Waals surface area contributed by atoms with Gasteiger partial charge in [0.15, 0.2) is 5.72 Å². The number of benzene rings is 2. The normalized spacial score (nSPS) is 19.7. The second-order valence-electron chi connectivity index (χ2n) is 8.83. The Bertz CT molecular complexity index is 1270. The predicted octanol–water partition coefficient (Wildman–Crippen LogP) is 4.70. The highest BCUT2D eigenvalue weighted by atomic mass is 35.5. The number of amides is 1. The van der Waals surface area contributed by atoms with Crippen molar-refractivity contribution in [3.8, 4) is 0 Å². The van der Waals surface area contributed by atoms with Crippen molar-refractivity contribution in [2.45, 2.75) is 31.9 Å². The zero-order valence-electron chi connectivity index (χ0n) is 17.8. The molecule has 0 radical (unpaired) electrons. The molecule has 1 unspecified atom stereocenters. The maximum atomic E-state index is 13.5. The topological polar surface area (TPSA) is 83.7 Å². The molecule has 162 valence electrons. The molecular weight excluding hydrogens is 428 g/mol. The Labute approximate surface area is 190 Å². The lowest BCUT2D eigenvalue weighted by Gasteiger charge is -2.35. The first-order chi connectivity index (χ1) is 15.0. The van der Waals surface area contributed by atoms with Crippen LogP contribution >= 0.6 is 11.6 Å². The predicted molar refractivity (Wildman–Crippen MR) is 121 cm³/mol. The van der Waals surface area contributed by atoms with Crippen LogP contribution in [-0.2, 0) is 11.1 Å². The Balaban J connectivity index is 1.87. The van der Waals surface area contributed by atoms with E-state index in [1.807, 2.05) is 12.1 Å². The van der Waals surface area contributed by atoms with Crippen molar-refractivity contribution < 1.29 is 14.8 Å². The fraction of sp³-hybridized carbons (Fsp3) is 0.240. The summed E-state index contributed by atoms with van der Waals surface area (Å²) in [5.74, 6) is -0.338. The molecule has 0 saturated heterocycles. The van der Waals surface area contributed by atoms with E-state index in [1.165, 1.54) is 17.1 Å². The number of halogens is 1. The van der Waals surface area contributed by atoms with Crippen molar-refractivity contribution in [1.82, 2.24) is 4.90 Å². The SMILES string of the molecule is CC(C)(C)c1ccc2c(c1)C(=O)N(CC1=C=C=C([N+](=O)[O-])C=C1)C2(O)c1ccc(Cl)cc1. The van der Waals surface area contributed by atoms with Gasteiger partial charge in [-0.3, -0.25) is 19.8 Å². The quantitative estimate of drug-likeness (QED) is 0.417. The van der Waals surface area contributed by atoms with Gasteiger partial charge in [0.05, 0.1) is 11.5 Å². The molecule has 1 amide bonds. The van der Waals surface area contributed by atoms with Crippen molar-refractivity contribution in [2.24, 2.45) is 0 Å². The smallest absolute Gasteiger partial charge is 0.319 e. The lowest BCUT2D eigenvalue weighted by molar-refractivity contribution is -0.418. The highest BCUT2D eigenvalue weighted by molar-refractivity contribution is 6.30. The number of carbonyl (C=O) groups excluding carboxylic acids is 1. The van der Waals surface area contributed by atoms with Gasteiger partial charge in [0, 0.05) is 39.1 Å². The van der Waals surface area contributed by atoms with E-state index >= 15 is 0 Å². The average molecular weight is 449 g/mol. The highest BCUT2D eigenvalue weighted by Gasteiger charge is 2.50. The summed E-state index contributed by atoms with van der Waals surface area (Å²) in [5, 5.41) is 23.4. The van der Waals surface area contributed by atoms with Crippen LogP contribution in [0.15, 0.2) is 77.3 Å². The Morgan fingerprint density at radius 3 is 2.38 bits per heavy atom. The van der Waals surface area contributed by atoms with E-state index in [0.717, 1.165) is 5.56 Å². The van der Waals surface area contributed by atoms with Crippen LogP contribution in [0.4, 0.5) is 0 Å². The summed E-state index contributed by atoms with van der Waals surface area (Å²) in [6.45, 7) is 6.16. The van der Waals surface area contributed by atoms with Gasteiger partial charge in [-0.25, -0.2) is 0 Å². The first-order valence-corrected chi connectivity index (χ1v) is 10.4. The standard InChI is InChI=1S/C25H21ClN2O4/c1-24(2,3)18-8-13-22-21(14-18)23(29)27(15-16-4-11-20(12-5-16)28(31)32)25(22,30)17-6-9-19(26)10-7-17/h4,6-11,13-14,30H,15H2,1-3H3. The van der Waals surface area contributed by atoms with E-state index in [9.17, 15) is 20.0 Å². The summed E-state index contributed by atoms with van der Waals surface area (Å²) >= 11 is 6.04. The minimum atomic E-state index is -1.73. The number of hydrogen-bond acceptors (Lipinski definition) is 4. The zero-order chi connectivity index (χ0) is 23.3. The average Bonchev–Trinajstić information content (AvgIpc) is 2.96. The van der Waals surface area contributed by atoms with E-state index in [0.29, 0.717) is 27.3 Å². The number of aliphatic hydroxyl groups is 1. The second-order valence-corrected chi connectivity index (χ2v) is 9.27. The molecule has 6 nitrogen and oxygen atoms in total. The van der Waals surface area contributed by atoms with E-state index in [2.05, 4.69) is 32.2 Å². The summed E-state index contributed by atoms with van der Waals surface area (Å²) in [5.41, 5.74) is 5.94. The number of allylic oxidation sites excluding steroid dienone is 1. The molecule has 1 atom stereocenters. The molecule has 4 rings (SSSR count). The van der Waals surface area contributed by atoms with Gasteiger partial charge in [-0.05, 0) is 35.3 Å². The molecule has 1 aliphatic heterocycles. The molecule has 0 aromatic heterocycles. The molecule has 0 fully saturated rings. The number of carbonyl (C=O) groups is 1. The monoisotopic (exact) mass is 448 g/mol. The second kappa shape index (κ2) is 7.63. The van der Waals surface area contributed by atoms with Crippen LogP contribution in [0.3, 0.4) is 0 Å². The molecule has 0 bridgehead atoms. The van der Waals surface area contributed by atoms with Gasteiger partial charge >= 0.3 is 5.70 Å². The molecule has 1 N–H and O–H groups in total. The van der Waals surface area contributed by atoms with Crippen LogP contribution in [0.2, 0.25) is 5.02 Å². The van der Waals surface area contributed by atoms with Crippen LogP contribution in [0, 0.1) is 10.1 Å².